The lowest BCUT2D eigenvalue weighted by Crippen LogP contribution is -2.39. The molecule has 150 valence electrons. The number of anilines is 1. The van der Waals surface area contributed by atoms with Gasteiger partial charge in [-0.3, -0.25) is 4.79 Å². The smallest absolute Gasteiger partial charge is 0.289 e. The van der Waals surface area contributed by atoms with Crippen LogP contribution >= 0.6 is 0 Å². The molecular weight excluding hydrogens is 372 g/mol. The summed E-state index contributed by atoms with van der Waals surface area (Å²) in [6.07, 6.45) is 2.62. The fourth-order valence-corrected chi connectivity index (χ4v) is 3.84. The average Bonchev–Trinajstić information content (AvgIpc) is 3.23. The Morgan fingerprint density at radius 3 is 2.90 bits per heavy atom. The van der Waals surface area contributed by atoms with Crippen LogP contribution in [0.25, 0.3) is 11.0 Å². The van der Waals surface area contributed by atoms with Crippen molar-refractivity contribution in [1.29, 1.82) is 0 Å². The lowest BCUT2D eigenvalue weighted by atomic mass is 10.1. The first-order chi connectivity index (χ1) is 14.2. The van der Waals surface area contributed by atoms with E-state index in [1.807, 2.05) is 24.4 Å². The van der Waals surface area contributed by atoms with Gasteiger partial charge in [-0.05, 0) is 24.1 Å². The number of benzene rings is 1. The molecular formula is C21H22N4O4. The standard InChI is InChI=1S/C21H22N4O4/c1-27-17-4-2-3-14-11-18(29-19(14)17)20(26)25-6-5-15-12-22-21(23-16(15)13-25)24-7-9-28-10-8-24/h2-4,11-12H,5-10,13H2,1H3. The number of carbonyl (C=O) groups excluding carboxylic acids is 1. The zero-order valence-electron chi connectivity index (χ0n) is 16.3. The zero-order valence-corrected chi connectivity index (χ0v) is 16.3. The van der Waals surface area contributed by atoms with Crippen molar-refractivity contribution in [1.82, 2.24) is 14.9 Å². The van der Waals surface area contributed by atoms with E-state index in [-0.39, 0.29) is 5.91 Å². The van der Waals surface area contributed by atoms with Crippen molar-refractivity contribution in [2.24, 2.45) is 0 Å². The Morgan fingerprint density at radius 2 is 2.07 bits per heavy atom. The van der Waals surface area contributed by atoms with Crippen molar-refractivity contribution >= 4 is 22.8 Å². The van der Waals surface area contributed by atoms with Crippen LogP contribution in [0.4, 0.5) is 5.95 Å². The van der Waals surface area contributed by atoms with Crippen LogP contribution in [0.3, 0.4) is 0 Å². The first kappa shape index (κ1) is 17.9. The first-order valence-electron chi connectivity index (χ1n) is 9.76. The van der Waals surface area contributed by atoms with Crippen molar-refractivity contribution in [3.8, 4) is 5.75 Å². The van der Waals surface area contributed by atoms with E-state index in [9.17, 15) is 4.79 Å². The molecule has 2 aliphatic heterocycles. The van der Waals surface area contributed by atoms with Crippen LogP contribution < -0.4 is 9.64 Å². The molecule has 29 heavy (non-hydrogen) atoms. The Balaban J connectivity index is 1.39. The normalized spacial score (nSPS) is 16.7. The number of amides is 1. The molecule has 0 bridgehead atoms. The monoisotopic (exact) mass is 394 g/mol. The number of fused-ring (bicyclic) bond motifs is 2. The molecule has 5 rings (SSSR count). The quantitative estimate of drug-likeness (QED) is 0.674. The number of ether oxygens (including phenoxy) is 2. The second kappa shape index (κ2) is 7.36. The van der Waals surface area contributed by atoms with Crippen molar-refractivity contribution in [3.05, 3.63) is 47.5 Å². The third-order valence-corrected chi connectivity index (χ3v) is 5.45. The first-order valence-corrected chi connectivity index (χ1v) is 9.76. The molecule has 1 aromatic carbocycles. The van der Waals surface area contributed by atoms with Gasteiger partial charge in [0.05, 0.1) is 32.6 Å². The number of nitrogens with zero attached hydrogens (tertiary/aromatic N) is 4. The van der Waals surface area contributed by atoms with E-state index in [1.165, 1.54) is 0 Å². The minimum absolute atomic E-state index is 0.138. The predicted octanol–water partition coefficient (Wildman–Crippen LogP) is 2.27. The molecule has 1 saturated heterocycles. The molecule has 2 aliphatic rings. The van der Waals surface area contributed by atoms with Crippen LogP contribution in [0, 0.1) is 0 Å². The number of para-hydroxylation sites is 1. The second-order valence-electron chi connectivity index (χ2n) is 7.21. The number of morpholine rings is 1. The van der Waals surface area contributed by atoms with Crippen LogP contribution in [0.5, 0.6) is 5.75 Å². The van der Waals surface area contributed by atoms with Gasteiger partial charge >= 0.3 is 0 Å². The van der Waals surface area contributed by atoms with Gasteiger partial charge in [0.15, 0.2) is 17.1 Å². The number of methoxy groups -OCH3 is 1. The van der Waals surface area contributed by atoms with Gasteiger partial charge in [0.25, 0.3) is 5.91 Å². The molecule has 0 saturated carbocycles. The van der Waals surface area contributed by atoms with Gasteiger partial charge in [-0.1, -0.05) is 12.1 Å². The highest BCUT2D eigenvalue weighted by Crippen LogP contribution is 2.30. The maximum atomic E-state index is 13.1. The number of carbonyl (C=O) groups is 1. The lowest BCUT2D eigenvalue weighted by molar-refractivity contribution is 0.0701. The molecule has 8 heteroatoms. The number of rotatable bonds is 3. The topological polar surface area (TPSA) is 80.9 Å². The summed E-state index contributed by atoms with van der Waals surface area (Å²) in [5.41, 5.74) is 2.58. The molecule has 0 N–H and O–H groups in total. The minimum Gasteiger partial charge on any atom is -0.493 e. The third kappa shape index (κ3) is 3.29. The largest absolute Gasteiger partial charge is 0.493 e. The average molecular weight is 394 g/mol. The van der Waals surface area contributed by atoms with Crippen LogP contribution in [0.15, 0.2) is 34.9 Å². The van der Waals surface area contributed by atoms with Crippen LogP contribution in [-0.4, -0.2) is 60.7 Å². The van der Waals surface area contributed by atoms with E-state index in [1.54, 1.807) is 18.1 Å². The number of hydrogen-bond donors (Lipinski definition) is 0. The summed E-state index contributed by atoms with van der Waals surface area (Å²) in [5, 5.41) is 0.849. The fourth-order valence-electron chi connectivity index (χ4n) is 3.84. The predicted molar refractivity (Wildman–Crippen MR) is 106 cm³/mol. The van der Waals surface area contributed by atoms with E-state index in [4.69, 9.17) is 18.9 Å². The molecule has 0 unspecified atom stereocenters. The Bertz CT molecular complexity index is 1060. The second-order valence-corrected chi connectivity index (χ2v) is 7.21. The van der Waals surface area contributed by atoms with Crippen LogP contribution in [0.2, 0.25) is 0 Å². The summed E-state index contributed by atoms with van der Waals surface area (Å²) in [6.45, 7) is 3.98. The van der Waals surface area contributed by atoms with E-state index in [2.05, 4.69) is 9.88 Å². The molecule has 8 nitrogen and oxygen atoms in total. The highest BCUT2D eigenvalue weighted by molar-refractivity contribution is 5.97. The molecule has 3 aromatic rings. The van der Waals surface area contributed by atoms with Gasteiger partial charge in [0.2, 0.25) is 5.95 Å². The summed E-state index contributed by atoms with van der Waals surface area (Å²) < 4.78 is 16.6. The maximum absolute atomic E-state index is 13.1. The van der Waals surface area contributed by atoms with Crippen molar-refractivity contribution in [3.63, 3.8) is 0 Å². The highest BCUT2D eigenvalue weighted by atomic mass is 16.5. The SMILES string of the molecule is COc1cccc2cc(C(=O)N3CCc4cnc(N5CCOCC5)nc4C3)oc12. The summed E-state index contributed by atoms with van der Waals surface area (Å²) in [5.74, 6) is 1.50. The molecule has 0 aliphatic carbocycles. The van der Waals surface area contributed by atoms with Crippen LogP contribution in [-0.2, 0) is 17.7 Å². The fraction of sp³-hybridized carbons (Fsp3) is 0.381. The third-order valence-electron chi connectivity index (χ3n) is 5.45. The number of aromatic nitrogens is 2. The van der Waals surface area contributed by atoms with E-state index < -0.39 is 0 Å². The summed E-state index contributed by atoms with van der Waals surface area (Å²) in [6, 6.07) is 7.38. The van der Waals surface area contributed by atoms with Gasteiger partial charge in [-0.2, -0.15) is 0 Å². The molecule has 2 aromatic heterocycles. The molecule has 0 radical (unpaired) electrons. The summed E-state index contributed by atoms with van der Waals surface area (Å²) >= 11 is 0. The van der Waals surface area contributed by atoms with Gasteiger partial charge in [-0.25, -0.2) is 9.97 Å². The molecule has 1 fully saturated rings. The van der Waals surface area contributed by atoms with Crippen molar-refractivity contribution < 1.29 is 18.7 Å². The van der Waals surface area contributed by atoms with E-state index >= 15 is 0 Å². The van der Waals surface area contributed by atoms with Gasteiger partial charge in [0.1, 0.15) is 0 Å². The summed E-state index contributed by atoms with van der Waals surface area (Å²) in [7, 11) is 1.59. The summed E-state index contributed by atoms with van der Waals surface area (Å²) in [4.78, 5) is 26.3. The zero-order chi connectivity index (χ0) is 19.8. The van der Waals surface area contributed by atoms with Crippen molar-refractivity contribution in [2.45, 2.75) is 13.0 Å². The minimum atomic E-state index is -0.138. The van der Waals surface area contributed by atoms with E-state index in [0.29, 0.717) is 49.3 Å². The molecule has 0 atom stereocenters. The highest BCUT2D eigenvalue weighted by Gasteiger charge is 2.27. The molecule has 0 spiro atoms. The Hall–Kier alpha value is -3.13. The Labute approximate surface area is 168 Å². The number of furan rings is 1. The van der Waals surface area contributed by atoms with E-state index in [0.717, 1.165) is 36.2 Å². The molecule has 4 heterocycles. The maximum Gasteiger partial charge on any atom is 0.289 e. The van der Waals surface area contributed by atoms with Crippen LogP contribution in [0.1, 0.15) is 21.8 Å². The molecule has 1 amide bonds. The lowest BCUT2D eigenvalue weighted by Gasteiger charge is -2.30. The Morgan fingerprint density at radius 1 is 1.21 bits per heavy atom. The van der Waals surface area contributed by atoms with Crippen molar-refractivity contribution in [2.75, 3.05) is 44.9 Å². The van der Waals surface area contributed by atoms with Gasteiger partial charge in [-0.15, -0.1) is 0 Å². The number of hydrogen-bond acceptors (Lipinski definition) is 7. The van der Waals surface area contributed by atoms with Gasteiger partial charge < -0.3 is 23.7 Å². The Kier molecular flexibility index (Phi) is 4.55. The van der Waals surface area contributed by atoms with Gasteiger partial charge in [0, 0.05) is 31.2 Å².